The lowest BCUT2D eigenvalue weighted by Crippen LogP contribution is -2.32. The fourth-order valence-electron chi connectivity index (χ4n) is 12.0. The molecule has 3 aliphatic carbocycles. The van der Waals surface area contributed by atoms with E-state index in [1.165, 1.54) is 105 Å². The summed E-state index contributed by atoms with van der Waals surface area (Å²) in [6, 6.07) is 77.3. The molecule has 0 radical (unpaired) electrons. The van der Waals surface area contributed by atoms with Crippen molar-refractivity contribution in [3.63, 3.8) is 0 Å². The summed E-state index contributed by atoms with van der Waals surface area (Å²) < 4.78 is 7.18. The third-order valence-corrected chi connectivity index (χ3v) is 14.1. The Morgan fingerprint density at radius 3 is 1.46 bits per heavy atom. The van der Waals surface area contributed by atoms with Crippen LogP contribution in [0.25, 0.3) is 66.1 Å². The third kappa shape index (κ3) is 3.69. The van der Waals surface area contributed by atoms with E-state index in [2.05, 4.69) is 206 Å². The van der Waals surface area contributed by atoms with Crippen molar-refractivity contribution in [2.45, 2.75) is 10.8 Å². The number of rotatable bonds is 1. The molecule has 0 bridgehead atoms. The molecule has 10 aromatic carbocycles. The zero-order valence-electron chi connectivity index (χ0n) is 32.0. The summed E-state index contributed by atoms with van der Waals surface area (Å²) in [5.41, 5.74) is 19.5. The van der Waals surface area contributed by atoms with E-state index >= 15 is 0 Å². The van der Waals surface area contributed by atoms with Gasteiger partial charge in [-0.3, -0.25) is 0 Å². The van der Waals surface area contributed by atoms with Crippen molar-refractivity contribution in [2.24, 2.45) is 0 Å². The van der Waals surface area contributed by atoms with Crippen LogP contribution in [0.1, 0.15) is 44.5 Å². The molecule has 0 amide bonds. The summed E-state index contributed by atoms with van der Waals surface area (Å²) in [7, 11) is 0. The SMILES string of the molecule is c1ccc2c(c1)-c1ccccc1C21c2cc(-c3cccc4c3C3(c5ccccc5-4)c4ccccc4-c4ccc5ccccc5c43)ccc2Oc2c1ccc1ccccc21. The van der Waals surface area contributed by atoms with Gasteiger partial charge in [0.15, 0.2) is 0 Å². The molecule has 1 aliphatic heterocycles. The maximum atomic E-state index is 7.18. The first-order valence-electron chi connectivity index (χ1n) is 20.7. The van der Waals surface area contributed by atoms with E-state index in [-0.39, 0.29) is 0 Å². The highest BCUT2D eigenvalue weighted by atomic mass is 16.5. The van der Waals surface area contributed by atoms with Crippen LogP contribution in [0.3, 0.4) is 0 Å². The molecule has 0 saturated heterocycles. The fraction of sp³-hybridized carbons (Fsp3) is 0.0345. The molecule has 2 spiro atoms. The van der Waals surface area contributed by atoms with Crippen molar-refractivity contribution < 1.29 is 4.74 Å². The van der Waals surface area contributed by atoms with E-state index in [1.54, 1.807) is 0 Å². The molecule has 4 aliphatic rings. The van der Waals surface area contributed by atoms with Gasteiger partial charge in [-0.25, -0.2) is 0 Å². The van der Waals surface area contributed by atoms with Gasteiger partial charge in [-0.2, -0.15) is 0 Å². The maximum absolute atomic E-state index is 7.18. The second-order valence-electron chi connectivity index (χ2n) is 16.6. The van der Waals surface area contributed by atoms with Crippen LogP contribution in [0.15, 0.2) is 206 Å². The summed E-state index contributed by atoms with van der Waals surface area (Å²) in [6.45, 7) is 0. The van der Waals surface area contributed by atoms with E-state index in [0.717, 1.165) is 16.9 Å². The Bertz CT molecular complexity index is 3440. The number of hydrogen-bond donors (Lipinski definition) is 0. The van der Waals surface area contributed by atoms with E-state index in [9.17, 15) is 0 Å². The van der Waals surface area contributed by atoms with Gasteiger partial charge < -0.3 is 4.74 Å². The van der Waals surface area contributed by atoms with Crippen molar-refractivity contribution in [1.82, 2.24) is 0 Å². The molecule has 59 heavy (non-hydrogen) atoms. The Morgan fingerprint density at radius 1 is 0.288 bits per heavy atom. The van der Waals surface area contributed by atoms with Crippen molar-refractivity contribution in [1.29, 1.82) is 0 Å². The van der Waals surface area contributed by atoms with Crippen LogP contribution in [0.5, 0.6) is 11.5 Å². The molecule has 0 N–H and O–H groups in total. The van der Waals surface area contributed by atoms with Gasteiger partial charge in [0.05, 0.1) is 10.8 Å². The normalized spacial score (nSPS) is 16.5. The fourth-order valence-corrected chi connectivity index (χ4v) is 12.0. The Kier molecular flexibility index (Phi) is 5.96. The topological polar surface area (TPSA) is 9.23 Å². The number of hydrogen-bond acceptors (Lipinski definition) is 1. The number of benzene rings is 10. The molecular formula is C58H34O. The monoisotopic (exact) mass is 746 g/mol. The van der Waals surface area contributed by atoms with E-state index < -0.39 is 10.8 Å². The highest BCUT2D eigenvalue weighted by Gasteiger charge is 2.55. The first-order valence-corrected chi connectivity index (χ1v) is 20.7. The molecule has 272 valence electrons. The largest absolute Gasteiger partial charge is 0.456 e. The average Bonchev–Trinajstić information content (AvgIpc) is 3.89. The zero-order chi connectivity index (χ0) is 38.5. The second-order valence-corrected chi connectivity index (χ2v) is 16.6. The van der Waals surface area contributed by atoms with Crippen molar-refractivity contribution in [2.75, 3.05) is 0 Å². The summed E-state index contributed by atoms with van der Waals surface area (Å²) in [5, 5.41) is 4.88. The van der Waals surface area contributed by atoms with Crippen molar-refractivity contribution >= 4 is 21.5 Å². The quantitative estimate of drug-likeness (QED) is 0.163. The van der Waals surface area contributed by atoms with E-state index in [1.807, 2.05) is 0 Å². The van der Waals surface area contributed by atoms with Crippen LogP contribution >= 0.6 is 0 Å². The van der Waals surface area contributed by atoms with Gasteiger partial charge in [0, 0.05) is 16.5 Å². The summed E-state index contributed by atoms with van der Waals surface area (Å²) in [5.74, 6) is 1.84. The van der Waals surface area contributed by atoms with Gasteiger partial charge in [0.2, 0.25) is 0 Å². The molecule has 0 fully saturated rings. The second kappa shape index (κ2) is 11.1. The Labute approximate surface area is 342 Å². The highest BCUT2D eigenvalue weighted by molar-refractivity contribution is 6.06. The van der Waals surface area contributed by atoms with Gasteiger partial charge in [-0.15, -0.1) is 0 Å². The lowest BCUT2D eigenvalue weighted by molar-refractivity contribution is 0.442. The minimum absolute atomic E-state index is 0.516. The van der Waals surface area contributed by atoms with Crippen molar-refractivity contribution in [3.8, 4) is 56.0 Å². The molecule has 1 unspecified atom stereocenters. The zero-order valence-corrected chi connectivity index (χ0v) is 32.0. The van der Waals surface area contributed by atoms with Gasteiger partial charge in [-0.1, -0.05) is 194 Å². The minimum atomic E-state index is -0.586. The molecule has 14 rings (SSSR count). The predicted molar refractivity (Wildman–Crippen MR) is 241 cm³/mol. The lowest BCUT2D eigenvalue weighted by Gasteiger charge is -2.40. The molecule has 1 heteroatoms. The molecule has 1 heterocycles. The molecular weight excluding hydrogens is 713 g/mol. The summed E-state index contributed by atoms with van der Waals surface area (Å²) in [4.78, 5) is 0. The number of ether oxygens (including phenoxy) is 1. The summed E-state index contributed by atoms with van der Waals surface area (Å²) in [6.07, 6.45) is 0. The van der Waals surface area contributed by atoms with Gasteiger partial charge in [0.1, 0.15) is 11.5 Å². The molecule has 0 saturated carbocycles. The third-order valence-electron chi connectivity index (χ3n) is 14.1. The molecule has 10 aromatic rings. The standard InChI is InChI=1S/C58H34O/c1-3-16-38-35(14-1)28-31-46-44-21-8-12-27-50(44)58(54(38)46)49-26-11-7-20-43(49)45-23-13-22-39(55(45)58)37-30-33-53-52(34-37)57(51-32-29-36-15-2-4-17-40(36)56(51)59-53)47-24-9-5-18-41(47)42-19-6-10-25-48(42)57/h1-34H. The van der Waals surface area contributed by atoms with Crippen LogP contribution in [0, 0.1) is 0 Å². The highest BCUT2D eigenvalue weighted by Crippen LogP contribution is 2.67. The van der Waals surface area contributed by atoms with Gasteiger partial charge in [0.25, 0.3) is 0 Å². The van der Waals surface area contributed by atoms with Gasteiger partial charge in [-0.05, 0) is 106 Å². The molecule has 0 aromatic heterocycles. The number of fused-ring (bicyclic) bond motifs is 23. The molecule has 1 atom stereocenters. The van der Waals surface area contributed by atoms with Crippen LogP contribution in [-0.2, 0) is 10.8 Å². The average molecular weight is 747 g/mol. The first-order chi connectivity index (χ1) is 29.3. The lowest BCUT2D eigenvalue weighted by atomic mass is 9.65. The smallest absolute Gasteiger partial charge is 0.140 e. The predicted octanol–water partition coefficient (Wildman–Crippen LogP) is 14.5. The Hall–Kier alpha value is -7.48. The Balaban J connectivity index is 1.11. The maximum Gasteiger partial charge on any atom is 0.140 e. The van der Waals surface area contributed by atoms with Gasteiger partial charge >= 0.3 is 0 Å². The van der Waals surface area contributed by atoms with Crippen LogP contribution in [0.4, 0.5) is 0 Å². The van der Waals surface area contributed by atoms with E-state index in [4.69, 9.17) is 4.74 Å². The molecule has 1 nitrogen and oxygen atoms in total. The Morgan fingerprint density at radius 2 is 0.780 bits per heavy atom. The van der Waals surface area contributed by atoms with Crippen molar-refractivity contribution in [3.05, 3.63) is 251 Å². The van der Waals surface area contributed by atoms with E-state index in [0.29, 0.717) is 0 Å². The van der Waals surface area contributed by atoms with Crippen LogP contribution in [0.2, 0.25) is 0 Å². The minimum Gasteiger partial charge on any atom is -0.456 e. The van der Waals surface area contributed by atoms with Crippen LogP contribution in [-0.4, -0.2) is 0 Å². The van der Waals surface area contributed by atoms with Crippen LogP contribution < -0.4 is 4.74 Å². The summed E-state index contributed by atoms with van der Waals surface area (Å²) >= 11 is 0. The first kappa shape index (κ1) is 31.6.